The van der Waals surface area contributed by atoms with Crippen LogP contribution in [0, 0.1) is 0 Å². The Morgan fingerprint density at radius 3 is 1.07 bits per heavy atom. The normalized spacial score (nSPS) is 12.7. The summed E-state index contributed by atoms with van der Waals surface area (Å²) >= 11 is 0. The van der Waals surface area contributed by atoms with Gasteiger partial charge in [0.05, 0.1) is 25.4 Å². The molecule has 0 aromatic rings. The van der Waals surface area contributed by atoms with Crippen LogP contribution in [0.25, 0.3) is 0 Å². The Balaban J connectivity index is 3.39. The average Bonchev–Trinajstić information content (AvgIpc) is 3.38. The van der Waals surface area contributed by atoms with Crippen molar-refractivity contribution in [3.05, 3.63) is 24.3 Å². The van der Waals surface area contributed by atoms with Crippen LogP contribution in [0.2, 0.25) is 0 Å². The monoisotopic (exact) mass is 1010 g/mol. The van der Waals surface area contributed by atoms with Crippen LogP contribution in [-0.2, 0) is 14.3 Å². The fourth-order valence-electron chi connectivity index (χ4n) is 10.3. The van der Waals surface area contributed by atoms with Gasteiger partial charge in [-0.25, -0.2) is 0 Å². The minimum absolute atomic E-state index is 0.00254. The van der Waals surface area contributed by atoms with Crippen molar-refractivity contribution in [2.75, 3.05) is 13.2 Å². The van der Waals surface area contributed by atoms with Gasteiger partial charge in [0, 0.05) is 12.8 Å². The summed E-state index contributed by atoms with van der Waals surface area (Å²) in [6.07, 6.45) is 76.2. The smallest absolute Gasteiger partial charge is 0.305 e. The molecule has 0 radical (unpaired) electrons. The molecule has 0 saturated heterocycles. The van der Waals surface area contributed by atoms with Crippen molar-refractivity contribution >= 4 is 11.9 Å². The number of aliphatic hydroxyl groups is 2. The summed E-state index contributed by atoms with van der Waals surface area (Å²) in [5, 5.41) is 23.4. The Morgan fingerprint density at radius 1 is 0.389 bits per heavy atom. The van der Waals surface area contributed by atoms with Gasteiger partial charge in [-0.2, -0.15) is 0 Å². The van der Waals surface area contributed by atoms with Crippen LogP contribution < -0.4 is 5.32 Å². The summed E-state index contributed by atoms with van der Waals surface area (Å²) in [5.74, 6) is -0.0323. The topological polar surface area (TPSA) is 95.9 Å². The molecule has 72 heavy (non-hydrogen) atoms. The molecule has 1 amide bonds. The maximum absolute atomic E-state index is 12.5. The number of unbranched alkanes of at least 4 members (excludes halogenated alkanes) is 46. The highest BCUT2D eigenvalue weighted by Gasteiger charge is 2.20. The third kappa shape index (κ3) is 57.6. The second-order valence-electron chi connectivity index (χ2n) is 22.5. The minimum Gasteiger partial charge on any atom is -0.466 e. The van der Waals surface area contributed by atoms with E-state index >= 15 is 0 Å². The second kappa shape index (κ2) is 61.9. The number of aliphatic hydroxyl groups excluding tert-OH is 2. The number of amides is 1. The van der Waals surface area contributed by atoms with E-state index in [1.165, 1.54) is 276 Å². The van der Waals surface area contributed by atoms with Crippen LogP contribution in [0.15, 0.2) is 24.3 Å². The molecule has 0 heterocycles. The Labute approximate surface area is 450 Å². The summed E-state index contributed by atoms with van der Waals surface area (Å²) in [6.45, 7) is 4.96. The van der Waals surface area contributed by atoms with Crippen LogP contribution in [0.1, 0.15) is 361 Å². The summed E-state index contributed by atoms with van der Waals surface area (Å²) in [4.78, 5) is 24.6. The zero-order valence-corrected chi connectivity index (χ0v) is 48.7. The van der Waals surface area contributed by atoms with E-state index in [4.69, 9.17) is 4.74 Å². The fraction of sp³-hybridized carbons (Fsp3) is 0.909. The highest BCUT2D eigenvalue weighted by molar-refractivity contribution is 5.76. The number of carbonyl (C=O) groups is 2. The molecule has 0 aliphatic rings. The van der Waals surface area contributed by atoms with Crippen LogP contribution in [0.5, 0.6) is 0 Å². The molecule has 0 bridgehead atoms. The number of hydrogen-bond acceptors (Lipinski definition) is 5. The summed E-state index contributed by atoms with van der Waals surface area (Å²) in [5.41, 5.74) is 0. The maximum atomic E-state index is 12.5. The largest absolute Gasteiger partial charge is 0.466 e. The molecule has 0 aromatic heterocycles. The standard InChI is InChI=1S/C66H127NO5/c1-3-5-7-9-11-13-15-17-19-21-26-30-34-38-42-46-50-54-58-64(69)63(62-68)67-65(70)59-55-51-47-43-39-35-31-27-24-23-25-29-33-37-41-45-49-53-57-61-72-66(71)60-56-52-48-44-40-36-32-28-22-20-18-16-14-12-10-8-6-4-2/h14,16,20,22,63-64,68-69H,3-13,15,17-19,21,23-62H2,1-2H3,(H,67,70)/b16-14-,22-20-. The van der Waals surface area contributed by atoms with Crippen molar-refractivity contribution < 1.29 is 24.5 Å². The van der Waals surface area contributed by atoms with E-state index < -0.39 is 12.1 Å². The lowest BCUT2D eigenvalue weighted by molar-refractivity contribution is -0.143. The lowest BCUT2D eigenvalue weighted by Crippen LogP contribution is -2.45. The van der Waals surface area contributed by atoms with E-state index in [1.807, 2.05) is 0 Å². The molecule has 2 unspecified atom stereocenters. The zero-order chi connectivity index (χ0) is 52.2. The van der Waals surface area contributed by atoms with Gasteiger partial charge in [0.1, 0.15) is 0 Å². The lowest BCUT2D eigenvalue weighted by Gasteiger charge is -2.22. The van der Waals surface area contributed by atoms with Crippen molar-refractivity contribution in [1.29, 1.82) is 0 Å². The molecule has 3 N–H and O–H groups in total. The third-order valence-electron chi connectivity index (χ3n) is 15.3. The third-order valence-corrected chi connectivity index (χ3v) is 15.3. The predicted molar refractivity (Wildman–Crippen MR) is 315 cm³/mol. The van der Waals surface area contributed by atoms with Gasteiger partial charge in [-0.3, -0.25) is 9.59 Å². The predicted octanol–water partition coefficient (Wildman–Crippen LogP) is 20.6. The van der Waals surface area contributed by atoms with Gasteiger partial charge in [-0.1, -0.05) is 314 Å². The van der Waals surface area contributed by atoms with Crippen molar-refractivity contribution in [2.45, 2.75) is 373 Å². The summed E-state index contributed by atoms with van der Waals surface area (Å²) in [6, 6.07) is -0.544. The number of allylic oxidation sites excluding steroid dienone is 4. The fourth-order valence-corrected chi connectivity index (χ4v) is 10.3. The van der Waals surface area contributed by atoms with E-state index in [2.05, 4.69) is 43.5 Å². The first-order valence-electron chi connectivity index (χ1n) is 32.6. The highest BCUT2D eigenvalue weighted by atomic mass is 16.5. The van der Waals surface area contributed by atoms with Crippen LogP contribution in [0.4, 0.5) is 0 Å². The maximum Gasteiger partial charge on any atom is 0.305 e. The van der Waals surface area contributed by atoms with E-state index in [0.29, 0.717) is 25.9 Å². The molecule has 6 heteroatoms. The van der Waals surface area contributed by atoms with Gasteiger partial charge in [-0.15, -0.1) is 0 Å². The number of nitrogens with one attached hydrogen (secondary N) is 1. The molecule has 2 atom stereocenters. The molecule has 0 aromatic carbocycles. The van der Waals surface area contributed by atoms with Gasteiger partial charge in [0.2, 0.25) is 5.91 Å². The van der Waals surface area contributed by atoms with Crippen molar-refractivity contribution in [1.82, 2.24) is 5.32 Å². The summed E-state index contributed by atoms with van der Waals surface area (Å²) in [7, 11) is 0. The van der Waals surface area contributed by atoms with E-state index in [1.54, 1.807) is 0 Å². The number of rotatable bonds is 61. The Kier molecular flexibility index (Phi) is 60.5. The average molecular weight is 1010 g/mol. The second-order valence-corrected chi connectivity index (χ2v) is 22.5. The van der Waals surface area contributed by atoms with E-state index in [0.717, 1.165) is 51.4 Å². The quantitative estimate of drug-likeness (QED) is 0.0320. The molecule has 0 aliphatic heterocycles. The SMILES string of the molecule is CCCCCC/C=C\C/C=C\CCCCCCCCCC(=O)OCCCCCCCCCCCCCCCCCCCCCC(=O)NC(CO)C(O)CCCCCCCCCCCCCCCCCCCC. The van der Waals surface area contributed by atoms with Crippen LogP contribution in [0.3, 0.4) is 0 Å². The molecule has 426 valence electrons. The highest BCUT2D eigenvalue weighted by Crippen LogP contribution is 2.18. The molecule has 0 spiro atoms. The van der Waals surface area contributed by atoms with Gasteiger partial charge < -0.3 is 20.3 Å². The van der Waals surface area contributed by atoms with E-state index in [9.17, 15) is 19.8 Å². The molecular weight excluding hydrogens is 887 g/mol. The van der Waals surface area contributed by atoms with E-state index in [-0.39, 0.29) is 18.5 Å². The van der Waals surface area contributed by atoms with Gasteiger partial charge in [0.25, 0.3) is 0 Å². The van der Waals surface area contributed by atoms with Crippen LogP contribution in [-0.4, -0.2) is 47.4 Å². The molecular formula is C66H127NO5. The molecule has 0 fully saturated rings. The number of carbonyl (C=O) groups excluding carboxylic acids is 2. The Bertz CT molecular complexity index is 1120. The number of hydrogen-bond donors (Lipinski definition) is 3. The van der Waals surface area contributed by atoms with Crippen molar-refractivity contribution in [3.8, 4) is 0 Å². The summed E-state index contributed by atoms with van der Waals surface area (Å²) < 4.78 is 5.49. The molecule has 0 rings (SSSR count). The Hall–Kier alpha value is -1.66. The first kappa shape index (κ1) is 70.3. The van der Waals surface area contributed by atoms with Gasteiger partial charge in [0.15, 0.2) is 0 Å². The number of ether oxygens (including phenoxy) is 1. The first-order chi connectivity index (χ1) is 35.5. The first-order valence-corrected chi connectivity index (χ1v) is 32.6. The zero-order valence-electron chi connectivity index (χ0n) is 48.7. The van der Waals surface area contributed by atoms with Crippen molar-refractivity contribution in [2.24, 2.45) is 0 Å². The molecule has 0 saturated carbocycles. The minimum atomic E-state index is -0.667. The lowest BCUT2D eigenvalue weighted by atomic mass is 10.0. The molecule has 6 nitrogen and oxygen atoms in total. The van der Waals surface area contributed by atoms with Crippen LogP contribution >= 0.6 is 0 Å². The Morgan fingerprint density at radius 2 is 0.694 bits per heavy atom. The number of esters is 1. The van der Waals surface area contributed by atoms with Crippen molar-refractivity contribution in [3.63, 3.8) is 0 Å². The molecule has 0 aliphatic carbocycles. The van der Waals surface area contributed by atoms with Gasteiger partial charge in [-0.05, 0) is 57.8 Å². The van der Waals surface area contributed by atoms with Gasteiger partial charge >= 0.3 is 5.97 Å².